The van der Waals surface area contributed by atoms with Crippen LogP contribution in [0.15, 0.2) is 42.6 Å². The van der Waals surface area contributed by atoms with Crippen molar-refractivity contribution in [3.8, 4) is 0 Å². The Balaban J connectivity index is 2.07. The molecule has 0 fully saturated rings. The van der Waals surface area contributed by atoms with Crippen molar-refractivity contribution in [2.75, 3.05) is 23.3 Å². The van der Waals surface area contributed by atoms with E-state index in [2.05, 4.69) is 29.0 Å². The Bertz CT molecular complexity index is 637. The highest BCUT2D eigenvalue weighted by molar-refractivity contribution is 6.04. The summed E-state index contributed by atoms with van der Waals surface area (Å²) >= 11 is 0. The first-order chi connectivity index (χ1) is 11.1. The molecule has 0 aliphatic heterocycles. The molecule has 0 aliphatic carbocycles. The number of aromatic nitrogens is 1. The van der Waals surface area contributed by atoms with Crippen LogP contribution < -0.4 is 10.2 Å². The molecular formula is C18H22FN3O. The van der Waals surface area contributed by atoms with E-state index in [1.807, 2.05) is 6.07 Å². The molecule has 122 valence electrons. The summed E-state index contributed by atoms with van der Waals surface area (Å²) in [7, 11) is 0. The Morgan fingerprint density at radius 2 is 1.91 bits per heavy atom. The normalized spacial score (nSPS) is 10.4. The second-order valence-corrected chi connectivity index (χ2v) is 5.36. The monoisotopic (exact) mass is 315 g/mol. The maximum absolute atomic E-state index is 13.1. The van der Waals surface area contributed by atoms with E-state index in [9.17, 15) is 9.18 Å². The molecule has 0 unspecified atom stereocenters. The molecule has 0 bridgehead atoms. The van der Waals surface area contributed by atoms with Crippen LogP contribution in [0.1, 0.15) is 37.0 Å². The standard InChI is InChI=1S/C18H22FN3O/c1-3-10-22(11-4-2)17-9-8-14(13-20-17)18(23)21-16-7-5-6-15(19)12-16/h5-9,12-13H,3-4,10-11H2,1-2H3,(H,21,23). The average molecular weight is 315 g/mol. The molecule has 0 saturated heterocycles. The molecule has 2 rings (SSSR count). The minimum Gasteiger partial charge on any atom is -0.357 e. The molecule has 1 heterocycles. The van der Waals surface area contributed by atoms with Gasteiger partial charge >= 0.3 is 0 Å². The van der Waals surface area contributed by atoms with E-state index < -0.39 is 0 Å². The number of nitrogens with zero attached hydrogens (tertiary/aromatic N) is 2. The summed E-state index contributed by atoms with van der Waals surface area (Å²) in [6.45, 7) is 6.14. The van der Waals surface area contributed by atoms with Crippen LogP contribution in [-0.2, 0) is 0 Å². The van der Waals surface area contributed by atoms with Gasteiger partial charge in [0.05, 0.1) is 5.56 Å². The van der Waals surface area contributed by atoms with Crippen molar-refractivity contribution in [3.63, 3.8) is 0 Å². The molecule has 0 spiro atoms. The molecule has 1 N–H and O–H groups in total. The van der Waals surface area contributed by atoms with E-state index >= 15 is 0 Å². The summed E-state index contributed by atoms with van der Waals surface area (Å²) in [6.07, 6.45) is 3.65. The van der Waals surface area contributed by atoms with Gasteiger partial charge in [-0.3, -0.25) is 4.79 Å². The molecule has 23 heavy (non-hydrogen) atoms. The lowest BCUT2D eigenvalue weighted by molar-refractivity contribution is 0.102. The Morgan fingerprint density at radius 3 is 2.48 bits per heavy atom. The zero-order valence-corrected chi connectivity index (χ0v) is 13.6. The number of halogens is 1. The largest absolute Gasteiger partial charge is 0.357 e. The van der Waals surface area contributed by atoms with Gasteiger partial charge in [0.25, 0.3) is 5.91 Å². The molecule has 0 atom stereocenters. The smallest absolute Gasteiger partial charge is 0.257 e. The minimum atomic E-state index is -0.383. The lowest BCUT2D eigenvalue weighted by Crippen LogP contribution is -2.26. The van der Waals surface area contributed by atoms with Gasteiger partial charge in [0, 0.05) is 25.0 Å². The Labute approximate surface area is 136 Å². The molecule has 2 aromatic rings. The van der Waals surface area contributed by atoms with Crippen LogP contribution in [0.25, 0.3) is 0 Å². The van der Waals surface area contributed by atoms with Crippen LogP contribution in [0, 0.1) is 5.82 Å². The van der Waals surface area contributed by atoms with E-state index in [1.54, 1.807) is 24.4 Å². The summed E-state index contributed by atoms with van der Waals surface area (Å²) in [5, 5.41) is 2.67. The first kappa shape index (κ1) is 16.9. The fourth-order valence-electron chi connectivity index (χ4n) is 2.36. The lowest BCUT2D eigenvalue weighted by atomic mass is 10.2. The minimum absolute atomic E-state index is 0.299. The van der Waals surface area contributed by atoms with Crippen LogP contribution in [0.3, 0.4) is 0 Å². The summed E-state index contributed by atoms with van der Waals surface area (Å²) in [5.41, 5.74) is 0.878. The summed E-state index contributed by atoms with van der Waals surface area (Å²) < 4.78 is 13.1. The van der Waals surface area contributed by atoms with Crippen molar-refractivity contribution in [3.05, 3.63) is 54.0 Å². The zero-order chi connectivity index (χ0) is 16.7. The van der Waals surface area contributed by atoms with Gasteiger partial charge in [0.2, 0.25) is 0 Å². The Kier molecular flexibility index (Phi) is 6.09. The average Bonchev–Trinajstić information content (AvgIpc) is 2.55. The first-order valence-corrected chi connectivity index (χ1v) is 7.92. The molecule has 1 aromatic heterocycles. The predicted molar refractivity (Wildman–Crippen MR) is 91.4 cm³/mol. The van der Waals surface area contributed by atoms with Crippen molar-refractivity contribution >= 4 is 17.4 Å². The Morgan fingerprint density at radius 1 is 1.17 bits per heavy atom. The Hall–Kier alpha value is -2.43. The third-order valence-electron chi connectivity index (χ3n) is 3.40. The quantitative estimate of drug-likeness (QED) is 0.836. The van der Waals surface area contributed by atoms with Gasteiger partial charge in [-0.15, -0.1) is 0 Å². The molecule has 0 radical (unpaired) electrons. The van der Waals surface area contributed by atoms with Crippen molar-refractivity contribution in [2.45, 2.75) is 26.7 Å². The van der Waals surface area contributed by atoms with Gasteiger partial charge in [-0.2, -0.15) is 0 Å². The number of benzene rings is 1. The van der Waals surface area contributed by atoms with Gasteiger partial charge in [-0.1, -0.05) is 19.9 Å². The molecule has 1 aromatic carbocycles. The highest BCUT2D eigenvalue weighted by Gasteiger charge is 2.10. The van der Waals surface area contributed by atoms with E-state index in [0.29, 0.717) is 11.3 Å². The SMILES string of the molecule is CCCN(CCC)c1ccc(C(=O)Nc2cccc(F)c2)cn1. The van der Waals surface area contributed by atoms with Crippen LogP contribution in [0.2, 0.25) is 0 Å². The summed E-state index contributed by atoms with van der Waals surface area (Å²) in [6, 6.07) is 9.42. The maximum atomic E-state index is 13.1. The molecule has 1 amide bonds. The highest BCUT2D eigenvalue weighted by Crippen LogP contribution is 2.15. The predicted octanol–water partition coefficient (Wildman–Crippen LogP) is 4.10. The number of carbonyl (C=O) groups is 1. The highest BCUT2D eigenvalue weighted by atomic mass is 19.1. The molecule has 5 heteroatoms. The van der Waals surface area contributed by atoms with Gasteiger partial charge in [-0.25, -0.2) is 9.37 Å². The number of hydrogen-bond acceptors (Lipinski definition) is 3. The number of rotatable bonds is 7. The van der Waals surface area contributed by atoms with Gasteiger partial charge in [0.15, 0.2) is 0 Å². The van der Waals surface area contributed by atoms with E-state index in [0.717, 1.165) is 31.7 Å². The van der Waals surface area contributed by atoms with Crippen molar-refractivity contribution in [1.82, 2.24) is 4.98 Å². The molecule has 0 saturated carbocycles. The lowest BCUT2D eigenvalue weighted by Gasteiger charge is -2.22. The van der Waals surface area contributed by atoms with Crippen LogP contribution in [0.4, 0.5) is 15.9 Å². The van der Waals surface area contributed by atoms with Crippen molar-refractivity contribution < 1.29 is 9.18 Å². The van der Waals surface area contributed by atoms with Gasteiger partial charge < -0.3 is 10.2 Å². The number of carbonyl (C=O) groups excluding carboxylic acids is 1. The second kappa shape index (κ2) is 8.27. The number of hydrogen-bond donors (Lipinski definition) is 1. The van der Waals surface area contributed by atoms with Crippen LogP contribution in [0.5, 0.6) is 0 Å². The first-order valence-electron chi connectivity index (χ1n) is 7.92. The van der Waals surface area contributed by atoms with E-state index in [1.165, 1.54) is 12.1 Å². The number of amides is 1. The number of anilines is 2. The topological polar surface area (TPSA) is 45.2 Å². The maximum Gasteiger partial charge on any atom is 0.257 e. The van der Waals surface area contributed by atoms with E-state index in [4.69, 9.17) is 0 Å². The second-order valence-electron chi connectivity index (χ2n) is 5.36. The molecular weight excluding hydrogens is 293 g/mol. The number of nitrogens with one attached hydrogen (secondary N) is 1. The van der Waals surface area contributed by atoms with Gasteiger partial charge in [-0.05, 0) is 43.2 Å². The van der Waals surface area contributed by atoms with Crippen molar-refractivity contribution in [1.29, 1.82) is 0 Å². The van der Waals surface area contributed by atoms with Crippen LogP contribution in [-0.4, -0.2) is 24.0 Å². The third-order valence-corrected chi connectivity index (χ3v) is 3.40. The third kappa shape index (κ3) is 4.77. The number of pyridine rings is 1. The molecule has 4 nitrogen and oxygen atoms in total. The summed E-state index contributed by atoms with van der Waals surface area (Å²) in [4.78, 5) is 18.8. The fraction of sp³-hybridized carbons (Fsp3) is 0.333. The zero-order valence-electron chi connectivity index (χ0n) is 13.6. The van der Waals surface area contributed by atoms with Crippen LogP contribution >= 0.6 is 0 Å². The van der Waals surface area contributed by atoms with E-state index in [-0.39, 0.29) is 11.7 Å². The van der Waals surface area contributed by atoms with Crippen molar-refractivity contribution in [2.24, 2.45) is 0 Å². The molecule has 0 aliphatic rings. The van der Waals surface area contributed by atoms with Gasteiger partial charge in [0.1, 0.15) is 11.6 Å². The fourth-order valence-corrected chi connectivity index (χ4v) is 2.36. The summed E-state index contributed by atoms with van der Waals surface area (Å²) in [5.74, 6) is 0.189.